The van der Waals surface area contributed by atoms with E-state index in [9.17, 15) is 30.5 Å². The molecule has 2 rings (SSSR count). The fourth-order valence-electron chi connectivity index (χ4n) is 1.86. The van der Waals surface area contributed by atoms with Crippen molar-refractivity contribution < 1.29 is 35.3 Å². The Balaban J connectivity index is 2.39. The lowest BCUT2D eigenvalue weighted by molar-refractivity contribution is 0.282. The highest BCUT2D eigenvalue weighted by Crippen LogP contribution is 2.28. The fourth-order valence-corrected chi connectivity index (χ4v) is 2.48. The molecule has 0 fully saturated rings. The third-order valence-corrected chi connectivity index (χ3v) is 3.92. The summed E-state index contributed by atoms with van der Waals surface area (Å²) in [5.74, 6) is -8.45. The van der Waals surface area contributed by atoms with Crippen molar-refractivity contribution in [3.63, 3.8) is 0 Å². The molecule has 2 aromatic carbocycles. The van der Waals surface area contributed by atoms with Crippen molar-refractivity contribution in [1.29, 1.82) is 0 Å². The minimum atomic E-state index is -5.73. The average molecular weight is 361 g/mol. The zero-order valence-electron chi connectivity index (χ0n) is 11.9. The second-order valence-electron chi connectivity index (χ2n) is 4.58. The van der Waals surface area contributed by atoms with Gasteiger partial charge in [0.25, 0.3) is 0 Å². The molecule has 24 heavy (non-hydrogen) atoms. The highest BCUT2D eigenvalue weighted by molar-refractivity contribution is 7.85. The van der Waals surface area contributed by atoms with Crippen LogP contribution in [0.2, 0.25) is 0 Å². The second-order valence-corrected chi connectivity index (χ2v) is 5.90. The van der Waals surface area contributed by atoms with Crippen LogP contribution in [0.1, 0.15) is 11.1 Å². The minimum absolute atomic E-state index is 0.140. The lowest BCUT2D eigenvalue weighted by Crippen LogP contribution is -2.14. The van der Waals surface area contributed by atoms with Crippen LogP contribution >= 0.6 is 0 Å². The molecule has 0 atom stereocenters. The first kappa shape index (κ1) is 18.0. The van der Waals surface area contributed by atoms with Crippen LogP contribution in [0.3, 0.4) is 0 Å². The molecule has 0 heterocycles. The van der Waals surface area contributed by atoms with Crippen LogP contribution < -0.4 is 4.74 Å². The van der Waals surface area contributed by atoms with Crippen molar-refractivity contribution in [2.45, 2.75) is 11.5 Å². The molecule has 4 nitrogen and oxygen atoms in total. The maximum atomic E-state index is 13.8. The number of hydrogen-bond donors (Lipinski definition) is 0. The quantitative estimate of drug-likeness (QED) is 0.465. The Kier molecular flexibility index (Phi) is 4.95. The molecule has 0 unspecified atom stereocenters. The molecule has 0 aliphatic carbocycles. The van der Waals surface area contributed by atoms with Crippen molar-refractivity contribution in [2.24, 2.45) is 0 Å². The zero-order valence-corrected chi connectivity index (χ0v) is 12.7. The van der Waals surface area contributed by atoms with Gasteiger partial charge in [-0.2, -0.15) is 0 Å². The third-order valence-electron chi connectivity index (χ3n) is 3.06. The van der Waals surface area contributed by atoms with Crippen LogP contribution in [0.15, 0.2) is 35.7 Å². The van der Waals surface area contributed by atoms with Gasteiger partial charge in [-0.15, -0.1) is 0 Å². The molecular weight excluding hydrogens is 352 g/mol. The van der Waals surface area contributed by atoms with Crippen molar-refractivity contribution in [2.75, 3.05) is 0 Å². The molecule has 128 valence electrons. The van der Waals surface area contributed by atoms with Crippen LogP contribution in [0.4, 0.5) is 17.6 Å². The van der Waals surface area contributed by atoms with Crippen LogP contribution in [0.5, 0.6) is 5.75 Å². The van der Waals surface area contributed by atoms with Crippen LogP contribution in [0.25, 0.3) is 6.08 Å². The molecule has 0 N–H and O–H groups in total. The maximum Gasteiger partial charge on any atom is 0.179 e. The van der Waals surface area contributed by atoms with E-state index in [4.69, 9.17) is 4.74 Å². The lowest BCUT2D eigenvalue weighted by Gasteiger charge is -2.14. The number of ether oxygens (including phenoxy) is 1. The van der Waals surface area contributed by atoms with Gasteiger partial charge >= 0.3 is 0 Å². The summed E-state index contributed by atoms with van der Waals surface area (Å²) < 4.78 is 91.9. The highest BCUT2D eigenvalue weighted by Gasteiger charge is 2.29. The van der Waals surface area contributed by atoms with Crippen molar-refractivity contribution in [3.05, 3.63) is 65.2 Å². The molecule has 0 amide bonds. The second kappa shape index (κ2) is 6.62. The summed E-state index contributed by atoms with van der Waals surface area (Å²) in [6.45, 7) is 2.61. The summed E-state index contributed by atoms with van der Waals surface area (Å²) in [5, 5.41) is 0. The first-order valence-corrected chi connectivity index (χ1v) is 7.73. The molecule has 0 saturated carbocycles. The minimum Gasteiger partial charge on any atom is -0.744 e. The van der Waals surface area contributed by atoms with Crippen molar-refractivity contribution in [3.8, 4) is 5.75 Å². The van der Waals surface area contributed by atoms with Gasteiger partial charge in [0.05, 0.1) is 5.56 Å². The normalized spacial score (nSPS) is 11.4. The first-order valence-electron chi connectivity index (χ1n) is 6.32. The summed E-state index contributed by atoms with van der Waals surface area (Å²) in [5.41, 5.74) is -0.438. The van der Waals surface area contributed by atoms with Gasteiger partial charge in [-0.05, 0) is 17.7 Å². The molecule has 9 heteroatoms. The van der Waals surface area contributed by atoms with Crippen LogP contribution in [-0.4, -0.2) is 13.0 Å². The van der Waals surface area contributed by atoms with E-state index in [1.165, 1.54) is 18.2 Å². The number of benzene rings is 2. The van der Waals surface area contributed by atoms with E-state index < -0.39 is 50.5 Å². The van der Waals surface area contributed by atoms with E-state index in [2.05, 4.69) is 6.58 Å². The van der Waals surface area contributed by atoms with E-state index >= 15 is 0 Å². The standard InChI is InChI=1S/C15H10F4O4S/c1-2-8-3-5-9(6-4-8)23-7-10-11(16)13(18)15(24(20,21)22)14(19)12(10)17/h2-6H,1,7H2,(H,20,21,22)/p-1. The Morgan fingerprint density at radius 1 is 1.00 bits per heavy atom. The maximum absolute atomic E-state index is 13.8. The van der Waals surface area contributed by atoms with Crippen molar-refractivity contribution in [1.82, 2.24) is 0 Å². The molecule has 0 radical (unpaired) electrons. The number of hydrogen-bond acceptors (Lipinski definition) is 4. The molecule has 0 aromatic heterocycles. The Morgan fingerprint density at radius 3 is 1.92 bits per heavy atom. The summed E-state index contributed by atoms with van der Waals surface area (Å²) in [6.07, 6.45) is 1.54. The predicted molar refractivity (Wildman–Crippen MR) is 75.1 cm³/mol. The van der Waals surface area contributed by atoms with Crippen LogP contribution in [0, 0.1) is 23.3 Å². The molecule has 0 bridgehead atoms. The largest absolute Gasteiger partial charge is 0.744 e. The third kappa shape index (κ3) is 3.41. The van der Waals surface area contributed by atoms with E-state index in [0.29, 0.717) is 0 Å². The van der Waals surface area contributed by atoms with Gasteiger partial charge in [-0.3, -0.25) is 0 Å². The molecule has 0 aliphatic heterocycles. The molecule has 2 aromatic rings. The van der Waals surface area contributed by atoms with E-state index in [-0.39, 0.29) is 5.75 Å². The average Bonchev–Trinajstić information content (AvgIpc) is 2.52. The predicted octanol–water partition coefficient (Wildman–Crippen LogP) is 3.37. The Hall–Kier alpha value is -2.39. The first-order chi connectivity index (χ1) is 11.2. The Labute approximate surface area is 134 Å². The van der Waals surface area contributed by atoms with E-state index in [1.807, 2.05) is 0 Å². The monoisotopic (exact) mass is 361 g/mol. The lowest BCUT2D eigenvalue weighted by atomic mass is 10.2. The molecular formula is C15H9F4O4S-. The van der Waals surface area contributed by atoms with Gasteiger partial charge in [-0.25, -0.2) is 26.0 Å². The molecule has 0 aliphatic rings. The van der Waals surface area contributed by atoms with Gasteiger partial charge in [0.15, 0.2) is 23.3 Å². The smallest absolute Gasteiger partial charge is 0.179 e. The summed E-state index contributed by atoms with van der Waals surface area (Å²) in [7, 11) is -5.73. The Bertz CT molecular complexity index is 864. The summed E-state index contributed by atoms with van der Waals surface area (Å²) in [6, 6.07) is 6.00. The zero-order chi connectivity index (χ0) is 18.1. The number of halogens is 4. The fraction of sp³-hybridized carbons (Fsp3) is 0.0667. The number of rotatable bonds is 5. The summed E-state index contributed by atoms with van der Waals surface area (Å²) in [4.78, 5) is -2.20. The summed E-state index contributed by atoms with van der Waals surface area (Å²) >= 11 is 0. The SMILES string of the molecule is C=Cc1ccc(OCc2c(F)c(F)c(S(=O)(=O)[O-])c(F)c2F)cc1. The van der Waals surface area contributed by atoms with E-state index in [0.717, 1.165) is 5.56 Å². The van der Waals surface area contributed by atoms with Crippen LogP contribution in [-0.2, 0) is 16.7 Å². The van der Waals surface area contributed by atoms with Gasteiger partial charge < -0.3 is 9.29 Å². The van der Waals surface area contributed by atoms with Gasteiger partial charge in [-0.1, -0.05) is 24.8 Å². The van der Waals surface area contributed by atoms with E-state index in [1.54, 1.807) is 12.1 Å². The van der Waals surface area contributed by atoms with Gasteiger partial charge in [0.1, 0.15) is 27.4 Å². The molecule has 0 spiro atoms. The Morgan fingerprint density at radius 2 is 1.50 bits per heavy atom. The van der Waals surface area contributed by atoms with Crippen molar-refractivity contribution >= 4 is 16.2 Å². The van der Waals surface area contributed by atoms with Gasteiger partial charge in [0, 0.05) is 0 Å². The topological polar surface area (TPSA) is 66.4 Å². The molecule has 0 saturated heterocycles. The van der Waals surface area contributed by atoms with Gasteiger partial charge in [0.2, 0.25) is 0 Å². The highest BCUT2D eigenvalue weighted by atomic mass is 32.2.